The van der Waals surface area contributed by atoms with E-state index in [2.05, 4.69) is 19.2 Å². The van der Waals surface area contributed by atoms with Crippen LogP contribution in [-0.2, 0) is 0 Å². The third-order valence-electron chi connectivity index (χ3n) is 2.80. The number of hydrogen-bond acceptors (Lipinski definition) is 2. The molecule has 72 valence electrons. The predicted octanol–water partition coefficient (Wildman–Crippen LogP) is 1.39. The summed E-state index contributed by atoms with van der Waals surface area (Å²) in [4.78, 5) is 0. The third-order valence-corrected chi connectivity index (χ3v) is 2.80. The molecule has 0 aromatic heterocycles. The number of aliphatic hydroxyl groups excluding tert-OH is 1. The summed E-state index contributed by atoms with van der Waals surface area (Å²) in [7, 11) is 0. The Hall–Kier alpha value is -0.0800. The van der Waals surface area contributed by atoms with E-state index in [0.717, 1.165) is 13.1 Å². The first-order valence-corrected chi connectivity index (χ1v) is 5.00. The molecule has 2 nitrogen and oxygen atoms in total. The standard InChI is InChI=1S/C10H21NO/c1-9(2)6-11-7-10(8-12)4-3-5-10/h9,11-12H,3-8H2,1-2H3. The first kappa shape index (κ1) is 10.0. The van der Waals surface area contributed by atoms with Gasteiger partial charge in [-0.3, -0.25) is 0 Å². The highest BCUT2D eigenvalue weighted by atomic mass is 16.3. The minimum Gasteiger partial charge on any atom is -0.396 e. The summed E-state index contributed by atoms with van der Waals surface area (Å²) in [5.74, 6) is 0.709. The van der Waals surface area contributed by atoms with Gasteiger partial charge in [-0.25, -0.2) is 0 Å². The van der Waals surface area contributed by atoms with Gasteiger partial charge in [-0.2, -0.15) is 0 Å². The smallest absolute Gasteiger partial charge is 0.0499 e. The van der Waals surface area contributed by atoms with E-state index < -0.39 is 0 Å². The van der Waals surface area contributed by atoms with E-state index in [0.29, 0.717) is 12.5 Å². The van der Waals surface area contributed by atoms with Crippen molar-refractivity contribution in [2.45, 2.75) is 33.1 Å². The van der Waals surface area contributed by atoms with Crippen molar-refractivity contribution in [2.75, 3.05) is 19.7 Å². The van der Waals surface area contributed by atoms with Crippen molar-refractivity contribution in [1.82, 2.24) is 5.32 Å². The van der Waals surface area contributed by atoms with E-state index in [-0.39, 0.29) is 5.41 Å². The average Bonchev–Trinajstić information content (AvgIpc) is 1.94. The van der Waals surface area contributed by atoms with E-state index in [4.69, 9.17) is 5.11 Å². The van der Waals surface area contributed by atoms with Crippen molar-refractivity contribution >= 4 is 0 Å². The minimum atomic E-state index is 0.245. The second kappa shape index (κ2) is 4.24. The summed E-state index contributed by atoms with van der Waals surface area (Å²) in [6.45, 7) is 6.85. The fraction of sp³-hybridized carbons (Fsp3) is 1.00. The summed E-state index contributed by atoms with van der Waals surface area (Å²) in [5, 5.41) is 12.6. The SMILES string of the molecule is CC(C)CNCC1(CO)CCC1. The summed E-state index contributed by atoms with van der Waals surface area (Å²) in [6, 6.07) is 0. The molecule has 1 aliphatic carbocycles. The Morgan fingerprint density at radius 1 is 1.42 bits per heavy atom. The lowest BCUT2D eigenvalue weighted by atomic mass is 9.69. The Kier molecular flexibility index (Phi) is 3.53. The second-order valence-electron chi connectivity index (χ2n) is 4.54. The van der Waals surface area contributed by atoms with Crippen LogP contribution in [0.4, 0.5) is 0 Å². The van der Waals surface area contributed by atoms with Crippen LogP contribution in [0.2, 0.25) is 0 Å². The molecule has 1 fully saturated rings. The molecule has 0 atom stereocenters. The Labute approximate surface area is 75.4 Å². The molecule has 1 saturated carbocycles. The van der Waals surface area contributed by atoms with Crippen molar-refractivity contribution < 1.29 is 5.11 Å². The van der Waals surface area contributed by atoms with Crippen LogP contribution in [0.5, 0.6) is 0 Å². The zero-order chi connectivity index (χ0) is 9.03. The monoisotopic (exact) mass is 171 g/mol. The van der Waals surface area contributed by atoms with Crippen LogP contribution in [0.3, 0.4) is 0 Å². The molecular formula is C10H21NO. The zero-order valence-electron chi connectivity index (χ0n) is 8.27. The van der Waals surface area contributed by atoms with Crippen LogP contribution in [0.25, 0.3) is 0 Å². The lowest BCUT2D eigenvalue weighted by molar-refractivity contribution is 0.0443. The highest BCUT2D eigenvalue weighted by Gasteiger charge is 2.35. The second-order valence-corrected chi connectivity index (χ2v) is 4.54. The molecule has 0 saturated heterocycles. The van der Waals surface area contributed by atoms with Crippen molar-refractivity contribution in [2.24, 2.45) is 11.3 Å². The molecule has 1 aliphatic rings. The van der Waals surface area contributed by atoms with Gasteiger partial charge in [0.15, 0.2) is 0 Å². The van der Waals surface area contributed by atoms with Gasteiger partial charge in [-0.15, -0.1) is 0 Å². The fourth-order valence-corrected chi connectivity index (χ4v) is 1.69. The first-order valence-electron chi connectivity index (χ1n) is 5.00. The van der Waals surface area contributed by atoms with Crippen molar-refractivity contribution in [3.05, 3.63) is 0 Å². The Morgan fingerprint density at radius 3 is 2.42 bits per heavy atom. The average molecular weight is 171 g/mol. The summed E-state index contributed by atoms with van der Waals surface area (Å²) >= 11 is 0. The van der Waals surface area contributed by atoms with Crippen molar-refractivity contribution in [3.63, 3.8) is 0 Å². The molecule has 2 heteroatoms. The van der Waals surface area contributed by atoms with Gasteiger partial charge in [0.25, 0.3) is 0 Å². The quantitative estimate of drug-likeness (QED) is 0.655. The normalized spacial score (nSPS) is 21.0. The number of rotatable bonds is 5. The van der Waals surface area contributed by atoms with Gasteiger partial charge >= 0.3 is 0 Å². The Morgan fingerprint density at radius 2 is 2.08 bits per heavy atom. The molecule has 0 amide bonds. The lowest BCUT2D eigenvalue weighted by Gasteiger charge is -2.40. The van der Waals surface area contributed by atoms with Crippen LogP contribution in [-0.4, -0.2) is 24.8 Å². The van der Waals surface area contributed by atoms with Crippen LogP contribution in [0, 0.1) is 11.3 Å². The molecule has 0 unspecified atom stereocenters. The molecule has 2 N–H and O–H groups in total. The number of nitrogens with one attached hydrogen (secondary N) is 1. The van der Waals surface area contributed by atoms with Gasteiger partial charge < -0.3 is 10.4 Å². The number of aliphatic hydroxyl groups is 1. The maximum atomic E-state index is 9.16. The van der Waals surface area contributed by atoms with Crippen LogP contribution >= 0.6 is 0 Å². The van der Waals surface area contributed by atoms with Gasteiger partial charge in [-0.05, 0) is 25.3 Å². The molecule has 0 bridgehead atoms. The highest BCUT2D eigenvalue weighted by molar-refractivity contribution is 4.88. The van der Waals surface area contributed by atoms with Crippen LogP contribution in [0.1, 0.15) is 33.1 Å². The Bertz CT molecular complexity index is 124. The molecule has 1 rings (SSSR count). The van der Waals surface area contributed by atoms with E-state index in [1.807, 2.05) is 0 Å². The molecule has 12 heavy (non-hydrogen) atoms. The third kappa shape index (κ3) is 2.46. The molecular weight excluding hydrogens is 150 g/mol. The van der Waals surface area contributed by atoms with E-state index >= 15 is 0 Å². The molecule has 0 aromatic rings. The molecule has 0 spiro atoms. The van der Waals surface area contributed by atoms with E-state index in [1.54, 1.807) is 0 Å². The molecule has 0 radical (unpaired) electrons. The van der Waals surface area contributed by atoms with Gasteiger partial charge in [0.1, 0.15) is 0 Å². The molecule has 0 aliphatic heterocycles. The fourth-order valence-electron chi connectivity index (χ4n) is 1.69. The Balaban J connectivity index is 2.12. The minimum absolute atomic E-state index is 0.245. The maximum Gasteiger partial charge on any atom is 0.0499 e. The predicted molar refractivity (Wildman–Crippen MR) is 51.1 cm³/mol. The number of hydrogen-bond donors (Lipinski definition) is 2. The van der Waals surface area contributed by atoms with Gasteiger partial charge in [0, 0.05) is 18.6 Å². The van der Waals surface area contributed by atoms with Crippen molar-refractivity contribution in [1.29, 1.82) is 0 Å². The summed E-state index contributed by atoms with van der Waals surface area (Å²) in [6.07, 6.45) is 3.70. The summed E-state index contributed by atoms with van der Waals surface area (Å²) in [5.41, 5.74) is 0.245. The van der Waals surface area contributed by atoms with Gasteiger partial charge in [0.05, 0.1) is 0 Å². The van der Waals surface area contributed by atoms with E-state index in [1.165, 1.54) is 19.3 Å². The largest absolute Gasteiger partial charge is 0.396 e. The van der Waals surface area contributed by atoms with Crippen LogP contribution < -0.4 is 5.32 Å². The zero-order valence-corrected chi connectivity index (χ0v) is 8.27. The highest BCUT2D eigenvalue weighted by Crippen LogP contribution is 2.39. The molecule has 0 heterocycles. The molecule has 0 aromatic carbocycles. The summed E-state index contributed by atoms with van der Waals surface area (Å²) < 4.78 is 0. The maximum absolute atomic E-state index is 9.16. The first-order chi connectivity index (χ1) is 5.68. The van der Waals surface area contributed by atoms with Crippen molar-refractivity contribution in [3.8, 4) is 0 Å². The van der Waals surface area contributed by atoms with Gasteiger partial charge in [-0.1, -0.05) is 20.3 Å². The lowest BCUT2D eigenvalue weighted by Crippen LogP contribution is -2.43. The topological polar surface area (TPSA) is 32.3 Å². The van der Waals surface area contributed by atoms with Crippen LogP contribution in [0.15, 0.2) is 0 Å². The van der Waals surface area contributed by atoms with Gasteiger partial charge in [0.2, 0.25) is 0 Å². The van der Waals surface area contributed by atoms with E-state index in [9.17, 15) is 0 Å².